The van der Waals surface area contributed by atoms with E-state index in [1.165, 1.54) is 17.5 Å². The van der Waals surface area contributed by atoms with Gasteiger partial charge in [0.1, 0.15) is 0 Å². The summed E-state index contributed by atoms with van der Waals surface area (Å²) >= 11 is 0. The average Bonchev–Trinajstić information content (AvgIpc) is 3.15. The van der Waals surface area contributed by atoms with Gasteiger partial charge in [0, 0.05) is 23.8 Å². The molecule has 0 spiro atoms. The first-order valence-electron chi connectivity index (χ1n) is 10.8. The van der Waals surface area contributed by atoms with Crippen molar-refractivity contribution in [3.05, 3.63) is 64.2 Å². The number of carbonyl (C=O) groups excluding carboxylic acids is 2. The lowest BCUT2D eigenvalue weighted by molar-refractivity contribution is -0.122. The summed E-state index contributed by atoms with van der Waals surface area (Å²) in [5.74, 6) is -0.122. The highest BCUT2D eigenvalue weighted by atomic mass is 16.2. The Kier molecular flexibility index (Phi) is 5.44. The van der Waals surface area contributed by atoms with Crippen molar-refractivity contribution in [1.82, 2.24) is 4.90 Å². The molecule has 0 aromatic heterocycles. The number of aryl methyl sites for hydroxylation is 4. The smallest absolute Gasteiger partial charge is 0.254 e. The van der Waals surface area contributed by atoms with Crippen molar-refractivity contribution >= 4 is 17.5 Å². The molecule has 2 amide bonds. The van der Waals surface area contributed by atoms with Crippen LogP contribution in [0, 0.1) is 19.8 Å². The number of nitrogens with zero attached hydrogens (tertiary/aromatic N) is 1. The lowest BCUT2D eigenvalue weighted by atomic mass is 9.88. The number of rotatable bonds is 3. The summed E-state index contributed by atoms with van der Waals surface area (Å²) in [7, 11) is 0. The van der Waals surface area contributed by atoms with E-state index in [0.717, 1.165) is 48.1 Å². The van der Waals surface area contributed by atoms with Gasteiger partial charge in [-0.2, -0.15) is 0 Å². The monoisotopic (exact) mass is 390 g/mol. The summed E-state index contributed by atoms with van der Waals surface area (Å²) in [6, 6.07) is 12.1. The quantitative estimate of drug-likeness (QED) is 0.828. The maximum Gasteiger partial charge on any atom is 0.254 e. The molecule has 4 heteroatoms. The number of nitrogens with one attached hydrogen (secondary N) is 1. The molecule has 2 atom stereocenters. The number of fused-ring (bicyclic) bond motifs is 1. The van der Waals surface area contributed by atoms with Crippen LogP contribution in [-0.2, 0) is 17.6 Å². The van der Waals surface area contributed by atoms with Gasteiger partial charge in [-0.3, -0.25) is 9.59 Å². The van der Waals surface area contributed by atoms with Crippen molar-refractivity contribution in [1.29, 1.82) is 0 Å². The SMILES string of the molecule is Cc1cccc(C)c1C(=O)N1CCC[C@H](C(=O)Nc2ccc3c(c2)CCC3)[C@@H]1C. The third-order valence-corrected chi connectivity index (χ3v) is 6.65. The van der Waals surface area contributed by atoms with Gasteiger partial charge in [-0.1, -0.05) is 24.3 Å². The van der Waals surface area contributed by atoms with Crippen molar-refractivity contribution in [3.63, 3.8) is 0 Å². The molecule has 0 unspecified atom stereocenters. The number of amides is 2. The Bertz CT molecular complexity index is 930. The third-order valence-electron chi connectivity index (χ3n) is 6.65. The van der Waals surface area contributed by atoms with Crippen LogP contribution in [0.5, 0.6) is 0 Å². The van der Waals surface area contributed by atoms with Crippen molar-refractivity contribution in [2.24, 2.45) is 5.92 Å². The Balaban J connectivity index is 1.50. The molecule has 1 saturated heterocycles. The first-order chi connectivity index (χ1) is 14.0. The Labute approximate surface area is 173 Å². The number of piperidine rings is 1. The van der Waals surface area contributed by atoms with E-state index >= 15 is 0 Å². The van der Waals surface area contributed by atoms with Gasteiger partial charge in [0.25, 0.3) is 5.91 Å². The largest absolute Gasteiger partial charge is 0.335 e. The standard InChI is InChI=1S/C25H30N2O2/c1-16-7-4-8-17(2)23(16)25(29)27-14-6-11-22(18(27)3)24(28)26-21-13-12-19-9-5-10-20(19)15-21/h4,7-8,12-13,15,18,22H,5-6,9-11,14H2,1-3H3,(H,26,28)/t18-,22-/m0/s1. The first-order valence-corrected chi connectivity index (χ1v) is 10.8. The molecule has 0 radical (unpaired) electrons. The number of benzene rings is 2. The number of likely N-dealkylation sites (tertiary alicyclic amines) is 1. The van der Waals surface area contributed by atoms with E-state index < -0.39 is 0 Å². The number of hydrogen-bond donors (Lipinski definition) is 1. The Morgan fingerprint density at radius 2 is 1.72 bits per heavy atom. The van der Waals surface area contributed by atoms with Crippen LogP contribution >= 0.6 is 0 Å². The molecule has 1 aliphatic carbocycles. The van der Waals surface area contributed by atoms with Crippen LogP contribution in [0.1, 0.15) is 58.8 Å². The molecule has 1 fully saturated rings. The van der Waals surface area contributed by atoms with E-state index in [1.54, 1.807) is 0 Å². The van der Waals surface area contributed by atoms with Gasteiger partial charge in [-0.25, -0.2) is 0 Å². The molecule has 0 bridgehead atoms. The van der Waals surface area contributed by atoms with Crippen molar-refractivity contribution in [3.8, 4) is 0 Å². The minimum Gasteiger partial charge on any atom is -0.335 e. The van der Waals surface area contributed by atoms with E-state index in [2.05, 4.69) is 17.4 Å². The molecule has 2 aromatic carbocycles. The Morgan fingerprint density at radius 3 is 2.48 bits per heavy atom. The van der Waals surface area contributed by atoms with Crippen LogP contribution in [0.4, 0.5) is 5.69 Å². The predicted octanol–water partition coefficient (Wildman–Crippen LogP) is 4.67. The second kappa shape index (κ2) is 8.02. The molecule has 1 N–H and O–H groups in total. The van der Waals surface area contributed by atoms with Crippen LogP contribution in [0.15, 0.2) is 36.4 Å². The summed E-state index contributed by atoms with van der Waals surface area (Å²) in [6.45, 7) is 6.67. The molecule has 29 heavy (non-hydrogen) atoms. The summed E-state index contributed by atoms with van der Waals surface area (Å²) in [5.41, 5.74) is 6.39. The van der Waals surface area contributed by atoms with Gasteiger partial charge in [-0.05, 0) is 87.3 Å². The summed E-state index contributed by atoms with van der Waals surface area (Å²) in [5, 5.41) is 3.12. The third kappa shape index (κ3) is 3.81. The molecule has 4 nitrogen and oxygen atoms in total. The summed E-state index contributed by atoms with van der Waals surface area (Å²) in [4.78, 5) is 28.3. The van der Waals surface area contributed by atoms with Gasteiger partial charge in [0.05, 0.1) is 5.92 Å². The van der Waals surface area contributed by atoms with Crippen LogP contribution in [-0.4, -0.2) is 29.3 Å². The molecule has 1 aliphatic heterocycles. The molecule has 2 aromatic rings. The summed E-state index contributed by atoms with van der Waals surface area (Å²) in [6.07, 6.45) is 5.09. The van der Waals surface area contributed by atoms with E-state index in [9.17, 15) is 9.59 Å². The number of carbonyl (C=O) groups is 2. The highest BCUT2D eigenvalue weighted by molar-refractivity contribution is 5.98. The van der Waals surface area contributed by atoms with Crippen LogP contribution in [0.3, 0.4) is 0 Å². The Morgan fingerprint density at radius 1 is 1.00 bits per heavy atom. The zero-order valence-electron chi connectivity index (χ0n) is 17.6. The van der Waals surface area contributed by atoms with Crippen molar-refractivity contribution < 1.29 is 9.59 Å². The maximum absolute atomic E-state index is 13.3. The first kappa shape index (κ1) is 19.7. The minimum absolute atomic E-state index is 0.0226. The fraction of sp³-hybridized carbons (Fsp3) is 0.440. The van der Waals surface area contributed by atoms with Crippen LogP contribution in [0.25, 0.3) is 0 Å². The molecular formula is C25H30N2O2. The van der Waals surface area contributed by atoms with Gasteiger partial charge in [-0.15, -0.1) is 0 Å². The summed E-state index contributed by atoms with van der Waals surface area (Å²) < 4.78 is 0. The zero-order valence-corrected chi connectivity index (χ0v) is 17.6. The van der Waals surface area contributed by atoms with Gasteiger partial charge < -0.3 is 10.2 Å². The zero-order chi connectivity index (χ0) is 20.5. The van der Waals surface area contributed by atoms with Crippen molar-refractivity contribution in [2.45, 2.75) is 58.9 Å². The molecule has 0 saturated carbocycles. The fourth-order valence-electron chi connectivity index (χ4n) is 4.96. The highest BCUT2D eigenvalue weighted by Gasteiger charge is 2.36. The van der Waals surface area contributed by atoms with E-state index in [1.807, 2.05) is 49.9 Å². The minimum atomic E-state index is -0.190. The average molecular weight is 391 g/mol. The molecule has 1 heterocycles. The second-order valence-corrected chi connectivity index (χ2v) is 8.58. The van der Waals surface area contributed by atoms with Crippen molar-refractivity contribution in [2.75, 3.05) is 11.9 Å². The highest BCUT2D eigenvalue weighted by Crippen LogP contribution is 2.29. The number of anilines is 1. The predicted molar refractivity (Wildman–Crippen MR) is 116 cm³/mol. The van der Waals surface area contributed by atoms with Gasteiger partial charge in [0.2, 0.25) is 5.91 Å². The lowest BCUT2D eigenvalue weighted by Gasteiger charge is -2.39. The maximum atomic E-state index is 13.3. The molecular weight excluding hydrogens is 360 g/mol. The van der Waals surface area contributed by atoms with E-state index in [-0.39, 0.29) is 23.8 Å². The fourth-order valence-corrected chi connectivity index (χ4v) is 4.96. The van der Waals surface area contributed by atoms with Crippen LogP contribution in [0.2, 0.25) is 0 Å². The van der Waals surface area contributed by atoms with E-state index in [4.69, 9.17) is 0 Å². The Hall–Kier alpha value is -2.62. The van der Waals surface area contributed by atoms with Gasteiger partial charge >= 0.3 is 0 Å². The molecule has 2 aliphatic rings. The van der Waals surface area contributed by atoms with Gasteiger partial charge in [0.15, 0.2) is 0 Å². The number of hydrogen-bond acceptors (Lipinski definition) is 2. The molecule has 4 rings (SSSR count). The topological polar surface area (TPSA) is 49.4 Å². The van der Waals surface area contributed by atoms with Crippen LogP contribution < -0.4 is 5.32 Å². The second-order valence-electron chi connectivity index (χ2n) is 8.58. The lowest BCUT2D eigenvalue weighted by Crippen LogP contribution is -2.50. The molecule has 152 valence electrons. The van der Waals surface area contributed by atoms with E-state index in [0.29, 0.717) is 6.54 Å². The normalized spacial score (nSPS) is 21.0.